The van der Waals surface area contributed by atoms with Crippen molar-refractivity contribution in [2.45, 2.75) is 40.7 Å². The normalized spacial score (nSPS) is 14.1. The van der Waals surface area contributed by atoms with Crippen LogP contribution in [0.5, 0.6) is 0 Å². The molecule has 3 nitrogen and oxygen atoms in total. The molecule has 0 saturated carbocycles. The molecule has 1 aromatic heterocycles. The molecule has 0 aliphatic carbocycles. The van der Waals surface area contributed by atoms with Crippen molar-refractivity contribution in [3.8, 4) is 6.07 Å². The first-order chi connectivity index (χ1) is 7.95. The highest BCUT2D eigenvalue weighted by Gasteiger charge is 2.13. The molecular weight excluding hydrogens is 210 g/mol. The van der Waals surface area contributed by atoms with Gasteiger partial charge in [0, 0.05) is 24.0 Å². The third-order valence-electron chi connectivity index (χ3n) is 2.97. The van der Waals surface area contributed by atoms with Crippen molar-refractivity contribution in [1.82, 2.24) is 10.3 Å². The van der Waals surface area contributed by atoms with Gasteiger partial charge in [0.25, 0.3) is 0 Å². The number of aromatic nitrogens is 1. The van der Waals surface area contributed by atoms with Crippen LogP contribution in [0.3, 0.4) is 0 Å². The second-order valence-electron chi connectivity index (χ2n) is 4.74. The number of rotatable bonds is 4. The van der Waals surface area contributed by atoms with E-state index in [1.54, 1.807) is 0 Å². The SMILES string of the molecule is Cc1cc(C)c(C(C)NCC(C)C#N)c(C)n1. The van der Waals surface area contributed by atoms with E-state index in [0.29, 0.717) is 6.54 Å². The molecule has 1 N–H and O–H groups in total. The molecule has 3 heteroatoms. The van der Waals surface area contributed by atoms with Gasteiger partial charge in [0.1, 0.15) is 0 Å². The second kappa shape index (κ2) is 5.79. The fraction of sp³-hybridized carbons (Fsp3) is 0.571. The van der Waals surface area contributed by atoms with Gasteiger partial charge in [-0.1, -0.05) is 0 Å². The van der Waals surface area contributed by atoms with Crippen LogP contribution in [0.2, 0.25) is 0 Å². The average Bonchev–Trinajstić information content (AvgIpc) is 2.24. The Kier molecular flexibility index (Phi) is 4.65. The zero-order valence-corrected chi connectivity index (χ0v) is 11.3. The highest BCUT2D eigenvalue weighted by atomic mass is 14.9. The molecule has 0 radical (unpaired) electrons. The van der Waals surface area contributed by atoms with Gasteiger partial charge in [-0.3, -0.25) is 4.98 Å². The van der Waals surface area contributed by atoms with E-state index in [9.17, 15) is 0 Å². The van der Waals surface area contributed by atoms with E-state index in [0.717, 1.165) is 11.4 Å². The zero-order chi connectivity index (χ0) is 13.0. The molecule has 17 heavy (non-hydrogen) atoms. The summed E-state index contributed by atoms with van der Waals surface area (Å²) >= 11 is 0. The molecule has 0 bridgehead atoms. The lowest BCUT2D eigenvalue weighted by Crippen LogP contribution is -2.25. The van der Waals surface area contributed by atoms with Crippen molar-refractivity contribution in [3.63, 3.8) is 0 Å². The molecule has 0 saturated heterocycles. The summed E-state index contributed by atoms with van der Waals surface area (Å²) in [6.45, 7) is 10.9. The Labute approximate surface area is 104 Å². The van der Waals surface area contributed by atoms with Gasteiger partial charge in [-0.15, -0.1) is 0 Å². The van der Waals surface area contributed by atoms with Crippen LogP contribution >= 0.6 is 0 Å². The first-order valence-corrected chi connectivity index (χ1v) is 6.03. The van der Waals surface area contributed by atoms with Crippen molar-refractivity contribution >= 4 is 0 Å². The number of hydrogen-bond donors (Lipinski definition) is 1. The highest BCUT2D eigenvalue weighted by Crippen LogP contribution is 2.21. The van der Waals surface area contributed by atoms with Crippen molar-refractivity contribution in [2.24, 2.45) is 5.92 Å². The van der Waals surface area contributed by atoms with E-state index in [2.05, 4.69) is 36.3 Å². The maximum Gasteiger partial charge on any atom is 0.0666 e. The number of nitrogens with zero attached hydrogens (tertiary/aromatic N) is 2. The minimum atomic E-state index is 0.0384. The highest BCUT2D eigenvalue weighted by molar-refractivity contribution is 5.33. The van der Waals surface area contributed by atoms with Crippen LogP contribution in [0, 0.1) is 38.0 Å². The predicted octanol–water partition coefficient (Wildman–Crippen LogP) is 2.82. The Hall–Kier alpha value is -1.40. The summed E-state index contributed by atoms with van der Waals surface area (Å²) in [5, 5.41) is 12.1. The van der Waals surface area contributed by atoms with Crippen LogP contribution < -0.4 is 5.32 Å². The lowest BCUT2D eigenvalue weighted by molar-refractivity contribution is 0.523. The van der Waals surface area contributed by atoms with Crippen molar-refractivity contribution in [3.05, 3.63) is 28.6 Å². The average molecular weight is 231 g/mol. The molecule has 1 heterocycles. The van der Waals surface area contributed by atoms with Crippen molar-refractivity contribution in [1.29, 1.82) is 5.26 Å². The molecule has 2 atom stereocenters. The summed E-state index contributed by atoms with van der Waals surface area (Å²) in [6.07, 6.45) is 0. The van der Waals surface area contributed by atoms with Gasteiger partial charge in [-0.25, -0.2) is 0 Å². The Morgan fingerprint density at radius 2 is 2.00 bits per heavy atom. The molecule has 92 valence electrons. The second-order valence-corrected chi connectivity index (χ2v) is 4.74. The van der Waals surface area contributed by atoms with E-state index in [1.807, 2.05) is 20.8 Å². The summed E-state index contributed by atoms with van der Waals surface area (Å²) in [4.78, 5) is 4.50. The zero-order valence-electron chi connectivity index (χ0n) is 11.3. The standard InChI is InChI=1S/C14H21N3/c1-9(7-15)8-16-12(4)14-10(2)6-11(3)17-13(14)5/h6,9,12,16H,8H2,1-5H3. The number of nitriles is 1. The van der Waals surface area contributed by atoms with Gasteiger partial charge >= 0.3 is 0 Å². The van der Waals surface area contributed by atoms with Crippen molar-refractivity contribution in [2.75, 3.05) is 6.54 Å². The van der Waals surface area contributed by atoms with Gasteiger partial charge in [0.2, 0.25) is 0 Å². The van der Waals surface area contributed by atoms with E-state index >= 15 is 0 Å². The smallest absolute Gasteiger partial charge is 0.0666 e. The Morgan fingerprint density at radius 1 is 1.35 bits per heavy atom. The number of aryl methyl sites for hydroxylation is 3. The van der Waals surface area contributed by atoms with Gasteiger partial charge in [-0.2, -0.15) is 5.26 Å². The van der Waals surface area contributed by atoms with Crippen LogP contribution in [0.15, 0.2) is 6.07 Å². The summed E-state index contributed by atoms with van der Waals surface area (Å²) in [6, 6.07) is 4.57. The van der Waals surface area contributed by atoms with Crippen LogP contribution in [-0.4, -0.2) is 11.5 Å². The number of nitrogens with one attached hydrogen (secondary N) is 1. The molecule has 0 aliphatic heterocycles. The maximum absolute atomic E-state index is 8.76. The minimum Gasteiger partial charge on any atom is -0.309 e. The van der Waals surface area contributed by atoms with Crippen LogP contribution in [0.1, 0.15) is 42.4 Å². The molecule has 0 fully saturated rings. The van der Waals surface area contributed by atoms with E-state index in [-0.39, 0.29) is 12.0 Å². The topological polar surface area (TPSA) is 48.7 Å². The van der Waals surface area contributed by atoms with Gasteiger partial charge in [0.15, 0.2) is 0 Å². The molecule has 1 aromatic rings. The lowest BCUT2D eigenvalue weighted by Gasteiger charge is -2.19. The largest absolute Gasteiger partial charge is 0.309 e. The Balaban J connectivity index is 2.83. The third-order valence-corrected chi connectivity index (χ3v) is 2.97. The summed E-state index contributed by atoms with van der Waals surface area (Å²) in [5.41, 5.74) is 4.65. The molecule has 0 amide bonds. The van der Waals surface area contributed by atoms with E-state index in [4.69, 9.17) is 5.26 Å². The maximum atomic E-state index is 8.76. The molecule has 0 aromatic carbocycles. The minimum absolute atomic E-state index is 0.0384. The summed E-state index contributed by atoms with van der Waals surface area (Å²) < 4.78 is 0. The summed E-state index contributed by atoms with van der Waals surface area (Å²) in [7, 11) is 0. The first-order valence-electron chi connectivity index (χ1n) is 6.03. The molecule has 1 rings (SSSR count). The molecule has 0 aliphatic rings. The fourth-order valence-electron chi connectivity index (χ4n) is 2.19. The molecule has 0 spiro atoms. The van der Waals surface area contributed by atoms with Gasteiger partial charge in [-0.05, 0) is 51.8 Å². The third kappa shape index (κ3) is 3.54. The van der Waals surface area contributed by atoms with Crippen molar-refractivity contribution < 1.29 is 0 Å². The number of hydrogen-bond acceptors (Lipinski definition) is 3. The lowest BCUT2D eigenvalue weighted by atomic mass is 10.00. The monoisotopic (exact) mass is 231 g/mol. The van der Waals surface area contributed by atoms with Gasteiger partial charge < -0.3 is 5.32 Å². The van der Waals surface area contributed by atoms with Gasteiger partial charge in [0.05, 0.1) is 12.0 Å². The Morgan fingerprint density at radius 3 is 2.53 bits per heavy atom. The van der Waals surface area contributed by atoms with E-state index < -0.39 is 0 Å². The predicted molar refractivity (Wildman–Crippen MR) is 69.6 cm³/mol. The fourth-order valence-corrected chi connectivity index (χ4v) is 2.19. The Bertz CT molecular complexity index is 409. The van der Waals surface area contributed by atoms with E-state index in [1.165, 1.54) is 11.1 Å². The van der Waals surface area contributed by atoms with Crippen LogP contribution in [0.4, 0.5) is 0 Å². The molecule has 2 unspecified atom stereocenters. The first kappa shape index (κ1) is 13.7. The van der Waals surface area contributed by atoms with Crippen LogP contribution in [0.25, 0.3) is 0 Å². The quantitative estimate of drug-likeness (QED) is 0.866. The number of pyridine rings is 1. The van der Waals surface area contributed by atoms with Crippen LogP contribution in [-0.2, 0) is 0 Å². The summed E-state index contributed by atoms with van der Waals surface area (Å²) in [5.74, 6) is 0.0384. The molecular formula is C14H21N3.